The molecule has 0 saturated carbocycles. The maximum atomic E-state index is 6.22. The van der Waals surface area contributed by atoms with Gasteiger partial charge in [-0.3, -0.25) is 0 Å². The Morgan fingerprint density at radius 3 is 0.879 bits per heavy atom. The Morgan fingerprint density at radius 2 is 0.576 bits per heavy atom. The van der Waals surface area contributed by atoms with Crippen LogP contribution in [0.25, 0.3) is 42.1 Å². The summed E-state index contributed by atoms with van der Waals surface area (Å²) in [5.41, 5.74) is 6.56. The van der Waals surface area contributed by atoms with E-state index in [-0.39, 0.29) is 0 Å². The summed E-state index contributed by atoms with van der Waals surface area (Å²) < 4.78 is 33.6. The van der Waals surface area contributed by atoms with Crippen molar-refractivity contribution in [1.29, 1.82) is 0 Å². The highest BCUT2D eigenvalue weighted by Gasteiger charge is 2.15. The number of rotatable bonds is 32. The molecule has 0 amide bonds. The van der Waals surface area contributed by atoms with Gasteiger partial charge in [0, 0.05) is 30.9 Å². The molecule has 0 bridgehead atoms. The first kappa shape index (κ1) is 53.1. The van der Waals surface area contributed by atoms with Crippen LogP contribution < -0.4 is 18.9 Å². The fraction of sp³-hybridized carbons (Fsp3) is 0.600. The van der Waals surface area contributed by atoms with Crippen molar-refractivity contribution in [3.63, 3.8) is 0 Å². The number of furan rings is 1. The molecular weight excluding hydrogens is 833 g/mol. The third kappa shape index (κ3) is 16.7. The van der Waals surface area contributed by atoms with E-state index < -0.39 is 0 Å². The molecule has 6 heteroatoms. The average Bonchev–Trinajstić information content (AvgIpc) is 3.82. The highest BCUT2D eigenvalue weighted by molar-refractivity contribution is 7.25. The Labute approximate surface area is 404 Å². The third-order valence-corrected chi connectivity index (χ3v) is 14.3. The van der Waals surface area contributed by atoms with Crippen molar-refractivity contribution in [2.45, 2.75) is 209 Å². The van der Waals surface area contributed by atoms with E-state index in [4.69, 9.17) is 23.4 Å². The fourth-order valence-electron chi connectivity index (χ4n) is 8.94. The zero-order valence-electron chi connectivity index (χ0n) is 42.9. The third-order valence-electron chi connectivity index (χ3n) is 13.2. The van der Waals surface area contributed by atoms with Gasteiger partial charge in [0.1, 0.15) is 34.2 Å². The monoisotopic (exact) mass is 921 g/mol. The molecule has 0 radical (unpaired) electrons. The highest BCUT2D eigenvalue weighted by atomic mass is 32.1. The van der Waals surface area contributed by atoms with Crippen molar-refractivity contribution in [2.24, 2.45) is 0 Å². The second-order valence-electron chi connectivity index (χ2n) is 19.1. The second kappa shape index (κ2) is 29.8. The highest BCUT2D eigenvalue weighted by Crippen LogP contribution is 2.41. The lowest BCUT2D eigenvalue weighted by molar-refractivity contribution is 0.302. The SMILES string of the molecule is CCCCCCCCOc1cc2c(cc1C)oc1cc(C)c(OCCCCCCCC)cc12.CCCCCCCCOc1cc2c(cc1C)sc1cc(C)c(OCCCCCCCC)cc12. The minimum Gasteiger partial charge on any atom is -0.493 e. The lowest BCUT2D eigenvalue weighted by Gasteiger charge is -2.11. The summed E-state index contributed by atoms with van der Waals surface area (Å²) in [6, 6.07) is 17.6. The van der Waals surface area contributed by atoms with Gasteiger partial charge < -0.3 is 23.4 Å². The number of thiophene rings is 1. The van der Waals surface area contributed by atoms with Crippen LogP contribution in [0.5, 0.6) is 23.0 Å². The summed E-state index contributed by atoms with van der Waals surface area (Å²) in [6.45, 7) is 20.8. The molecule has 6 rings (SSSR count). The lowest BCUT2D eigenvalue weighted by atomic mass is 10.1. The van der Waals surface area contributed by atoms with Crippen LogP contribution in [0, 0.1) is 27.7 Å². The molecule has 2 heterocycles. The van der Waals surface area contributed by atoms with Crippen molar-refractivity contribution in [3.05, 3.63) is 70.8 Å². The molecule has 0 aliphatic heterocycles. The van der Waals surface area contributed by atoms with Crippen molar-refractivity contribution in [3.8, 4) is 23.0 Å². The molecule has 0 spiro atoms. The molecular formula is C60H88O5S. The van der Waals surface area contributed by atoms with Crippen LogP contribution >= 0.6 is 11.3 Å². The van der Waals surface area contributed by atoms with Crippen LogP contribution in [-0.4, -0.2) is 26.4 Å². The van der Waals surface area contributed by atoms with Gasteiger partial charge in [0.05, 0.1) is 26.4 Å². The van der Waals surface area contributed by atoms with Gasteiger partial charge in [-0.2, -0.15) is 0 Å². The van der Waals surface area contributed by atoms with Crippen molar-refractivity contribution < 1.29 is 23.4 Å². The minimum absolute atomic E-state index is 0.778. The molecule has 0 saturated heterocycles. The van der Waals surface area contributed by atoms with Gasteiger partial charge in [0.2, 0.25) is 0 Å². The molecule has 6 aromatic rings. The van der Waals surface area contributed by atoms with Gasteiger partial charge in [0.15, 0.2) is 0 Å². The Hall–Kier alpha value is -3.90. The van der Waals surface area contributed by atoms with Crippen molar-refractivity contribution in [2.75, 3.05) is 26.4 Å². The van der Waals surface area contributed by atoms with Gasteiger partial charge in [-0.1, -0.05) is 156 Å². The van der Waals surface area contributed by atoms with E-state index in [1.54, 1.807) is 0 Å². The largest absolute Gasteiger partial charge is 0.493 e. The number of fused-ring (bicyclic) bond motifs is 6. The number of benzene rings is 4. The van der Waals surface area contributed by atoms with E-state index in [9.17, 15) is 0 Å². The first-order valence-corrected chi connectivity index (χ1v) is 27.6. The molecule has 0 N–H and O–H groups in total. The number of unbranched alkanes of at least 4 members (excludes halogenated alkanes) is 20. The Kier molecular flexibility index (Phi) is 23.9. The van der Waals surface area contributed by atoms with Crippen LogP contribution in [0.2, 0.25) is 0 Å². The normalized spacial score (nSPS) is 11.5. The summed E-state index contributed by atoms with van der Waals surface area (Å²) in [5, 5.41) is 4.81. The summed E-state index contributed by atoms with van der Waals surface area (Å²) in [6.07, 6.45) is 30.7. The fourth-order valence-corrected chi connectivity index (χ4v) is 10.2. The average molecular weight is 921 g/mol. The Balaban J connectivity index is 0.000000247. The van der Waals surface area contributed by atoms with Crippen molar-refractivity contribution in [1.82, 2.24) is 0 Å². The standard InChI is InChI=1S/C30H44O3.C30H44O2S/c2*1-5-7-9-11-13-15-17-31-27-21-25-26-22-28(32-18-16-14-12-10-8-6-2)24(4)20-30(26)33-29(25)19-23(27)3/h2*19-22H,5-18H2,1-4H3. The van der Waals surface area contributed by atoms with Crippen LogP contribution in [0.1, 0.15) is 204 Å². The lowest BCUT2D eigenvalue weighted by Crippen LogP contribution is -1.99. The zero-order valence-corrected chi connectivity index (χ0v) is 43.7. The van der Waals surface area contributed by atoms with E-state index in [1.807, 2.05) is 11.3 Å². The number of aryl methyl sites for hydroxylation is 4. The molecule has 66 heavy (non-hydrogen) atoms. The van der Waals surface area contributed by atoms with Gasteiger partial charge in [-0.05, 0) is 124 Å². The zero-order chi connectivity index (χ0) is 46.9. The van der Waals surface area contributed by atoms with Gasteiger partial charge in [-0.15, -0.1) is 11.3 Å². The maximum absolute atomic E-state index is 6.22. The number of hydrogen-bond acceptors (Lipinski definition) is 6. The summed E-state index contributed by atoms with van der Waals surface area (Å²) in [7, 11) is 0. The topological polar surface area (TPSA) is 50.1 Å². The molecule has 0 aliphatic carbocycles. The van der Waals surface area contributed by atoms with Crippen LogP contribution in [0.15, 0.2) is 52.9 Å². The molecule has 5 nitrogen and oxygen atoms in total. The van der Waals surface area contributed by atoms with Gasteiger partial charge in [0.25, 0.3) is 0 Å². The summed E-state index contributed by atoms with van der Waals surface area (Å²) >= 11 is 1.88. The van der Waals surface area contributed by atoms with Crippen molar-refractivity contribution >= 4 is 53.4 Å². The summed E-state index contributed by atoms with van der Waals surface area (Å²) in [4.78, 5) is 0. The second-order valence-corrected chi connectivity index (χ2v) is 20.2. The van der Waals surface area contributed by atoms with Crippen LogP contribution in [-0.2, 0) is 0 Å². The number of ether oxygens (including phenoxy) is 4. The van der Waals surface area contributed by atoms with E-state index in [0.29, 0.717) is 0 Å². The maximum Gasteiger partial charge on any atom is 0.135 e. The Bertz CT molecular complexity index is 1980. The van der Waals surface area contributed by atoms with Gasteiger partial charge in [-0.25, -0.2) is 0 Å². The van der Waals surface area contributed by atoms with E-state index in [2.05, 4.69) is 104 Å². The van der Waals surface area contributed by atoms with Crippen LogP contribution in [0.3, 0.4) is 0 Å². The molecule has 0 atom stereocenters. The van der Waals surface area contributed by atoms with Crippen LogP contribution in [0.4, 0.5) is 0 Å². The van der Waals surface area contributed by atoms with E-state index in [1.165, 1.54) is 160 Å². The minimum atomic E-state index is 0.778. The molecule has 2 aromatic heterocycles. The number of hydrogen-bond donors (Lipinski definition) is 0. The quantitative estimate of drug-likeness (QED) is 0.0395. The molecule has 0 unspecified atom stereocenters. The molecule has 0 fully saturated rings. The van der Waals surface area contributed by atoms with Gasteiger partial charge >= 0.3 is 0 Å². The molecule has 0 aliphatic rings. The molecule has 364 valence electrons. The van der Waals surface area contributed by atoms with E-state index in [0.717, 1.165) is 108 Å². The summed E-state index contributed by atoms with van der Waals surface area (Å²) in [5.74, 6) is 4.00. The smallest absolute Gasteiger partial charge is 0.135 e. The first-order chi connectivity index (χ1) is 32.3. The predicted molar refractivity (Wildman–Crippen MR) is 287 cm³/mol. The Morgan fingerprint density at radius 1 is 0.318 bits per heavy atom. The van der Waals surface area contributed by atoms with E-state index >= 15 is 0 Å². The molecule has 4 aromatic carbocycles. The predicted octanol–water partition coefficient (Wildman–Crippen LogP) is 19.8. The first-order valence-electron chi connectivity index (χ1n) is 26.7.